The minimum Gasteiger partial charge on any atom is -0.491 e. The zero-order valence-corrected chi connectivity index (χ0v) is 21.2. The lowest BCUT2D eigenvalue weighted by Gasteiger charge is -2.21. The van der Waals surface area contributed by atoms with E-state index in [0.717, 1.165) is 18.4 Å². The van der Waals surface area contributed by atoms with Crippen LogP contribution in [0.3, 0.4) is 0 Å². The van der Waals surface area contributed by atoms with Crippen LogP contribution in [0, 0.1) is 5.92 Å². The second-order valence-electron chi connectivity index (χ2n) is 9.00. The molecule has 1 atom stereocenters. The van der Waals surface area contributed by atoms with E-state index in [1.807, 2.05) is 18.2 Å². The van der Waals surface area contributed by atoms with Crippen molar-refractivity contribution in [2.45, 2.75) is 19.3 Å². The van der Waals surface area contributed by atoms with Crippen molar-refractivity contribution in [2.24, 2.45) is 5.92 Å². The molecular formula is C27H29N7O4. The van der Waals surface area contributed by atoms with Crippen LogP contribution in [-0.4, -0.2) is 58.7 Å². The molecular weight excluding hydrogens is 486 g/mol. The van der Waals surface area contributed by atoms with E-state index in [2.05, 4.69) is 31.0 Å². The number of nitrogens with one attached hydrogen (secondary N) is 3. The predicted molar refractivity (Wildman–Crippen MR) is 142 cm³/mol. The summed E-state index contributed by atoms with van der Waals surface area (Å²) >= 11 is 0. The lowest BCUT2D eigenvalue weighted by molar-refractivity contribution is -0.123. The molecule has 3 N–H and O–H groups in total. The number of hydrogen-bond donors (Lipinski definition) is 3. The quantitative estimate of drug-likeness (QED) is 0.310. The number of aromatic nitrogens is 4. The number of piperidine rings is 1. The van der Waals surface area contributed by atoms with Crippen LogP contribution in [0.15, 0.2) is 54.9 Å². The number of nitrogens with zero attached hydrogens (tertiary/aromatic N) is 4. The van der Waals surface area contributed by atoms with E-state index < -0.39 is 0 Å². The van der Waals surface area contributed by atoms with Gasteiger partial charge < -0.3 is 25.4 Å². The van der Waals surface area contributed by atoms with Gasteiger partial charge in [0.1, 0.15) is 5.82 Å². The van der Waals surface area contributed by atoms with Crippen LogP contribution >= 0.6 is 0 Å². The number of benzene rings is 1. The fourth-order valence-electron chi connectivity index (χ4n) is 4.47. The number of fused-ring (bicyclic) bond motifs is 1. The van der Waals surface area contributed by atoms with Gasteiger partial charge in [-0.3, -0.25) is 9.59 Å². The van der Waals surface area contributed by atoms with E-state index in [4.69, 9.17) is 9.47 Å². The lowest BCUT2D eigenvalue weighted by Crippen LogP contribution is -2.35. The molecule has 0 bridgehead atoms. The van der Waals surface area contributed by atoms with Gasteiger partial charge in [-0.25, -0.2) is 9.50 Å². The van der Waals surface area contributed by atoms with Crippen LogP contribution < -0.4 is 25.4 Å². The summed E-state index contributed by atoms with van der Waals surface area (Å²) in [7, 11) is 3.09. The maximum atomic E-state index is 12.6. The van der Waals surface area contributed by atoms with E-state index in [1.165, 1.54) is 7.11 Å². The number of imidazole rings is 1. The first kappa shape index (κ1) is 25.0. The number of pyridine rings is 1. The van der Waals surface area contributed by atoms with Crippen LogP contribution in [-0.2, 0) is 4.79 Å². The molecule has 2 amide bonds. The second kappa shape index (κ2) is 11.2. The highest BCUT2D eigenvalue weighted by atomic mass is 16.5. The molecule has 11 nitrogen and oxygen atoms in total. The van der Waals surface area contributed by atoms with Gasteiger partial charge in [-0.05, 0) is 49.1 Å². The largest absolute Gasteiger partial charge is 0.491 e. The first-order chi connectivity index (χ1) is 18.5. The molecule has 4 heterocycles. The van der Waals surface area contributed by atoms with Gasteiger partial charge >= 0.3 is 0 Å². The zero-order chi connectivity index (χ0) is 26.5. The molecule has 1 saturated heterocycles. The summed E-state index contributed by atoms with van der Waals surface area (Å²) in [5.41, 5.74) is 3.44. The lowest BCUT2D eigenvalue weighted by atomic mass is 9.94. The normalized spacial score (nSPS) is 15.1. The Labute approximate surface area is 219 Å². The first-order valence-corrected chi connectivity index (χ1v) is 12.4. The Morgan fingerprint density at radius 3 is 2.76 bits per heavy atom. The highest BCUT2D eigenvalue weighted by Gasteiger charge is 2.19. The number of anilines is 2. The van der Waals surface area contributed by atoms with Gasteiger partial charge in [-0.15, -0.1) is 0 Å². The minimum absolute atomic E-state index is 0.0870. The van der Waals surface area contributed by atoms with Crippen LogP contribution in [0.4, 0.5) is 11.5 Å². The predicted octanol–water partition coefficient (Wildman–Crippen LogP) is 3.20. The Kier molecular flexibility index (Phi) is 7.34. The molecule has 4 aromatic rings. The van der Waals surface area contributed by atoms with Crippen molar-refractivity contribution >= 4 is 29.0 Å². The molecule has 196 valence electrons. The summed E-state index contributed by atoms with van der Waals surface area (Å²) in [4.78, 5) is 33.0. The SMILES string of the molecule is COc1ccc(Nc2cc(-c3ccc(C(=O)NCCC4CCNC(=O)C4)cc3)nn3ccnc23)nc1OC. The average Bonchev–Trinajstić information content (AvgIpc) is 3.42. The maximum absolute atomic E-state index is 12.6. The fourth-order valence-corrected chi connectivity index (χ4v) is 4.47. The van der Waals surface area contributed by atoms with Gasteiger partial charge in [-0.2, -0.15) is 10.1 Å². The molecule has 1 aliphatic heterocycles. The van der Waals surface area contributed by atoms with Crippen LogP contribution in [0.2, 0.25) is 0 Å². The molecule has 0 aliphatic carbocycles. The molecule has 1 fully saturated rings. The van der Waals surface area contributed by atoms with Crippen molar-refractivity contribution < 1.29 is 19.1 Å². The first-order valence-electron chi connectivity index (χ1n) is 12.4. The Bertz CT molecular complexity index is 1450. The molecule has 5 rings (SSSR count). The highest BCUT2D eigenvalue weighted by molar-refractivity contribution is 5.94. The number of hydrogen-bond acceptors (Lipinski definition) is 8. The number of ether oxygens (including phenoxy) is 2. The number of carbonyl (C=O) groups excluding carboxylic acids is 2. The van der Waals surface area contributed by atoms with Crippen molar-refractivity contribution in [1.29, 1.82) is 0 Å². The molecule has 0 saturated carbocycles. The molecule has 3 aromatic heterocycles. The molecule has 11 heteroatoms. The number of carbonyl (C=O) groups is 2. The van der Waals surface area contributed by atoms with Crippen molar-refractivity contribution in [3.05, 3.63) is 60.4 Å². The molecule has 38 heavy (non-hydrogen) atoms. The van der Waals surface area contributed by atoms with Crippen molar-refractivity contribution in [2.75, 3.05) is 32.6 Å². The Morgan fingerprint density at radius 2 is 2.00 bits per heavy atom. The Morgan fingerprint density at radius 1 is 1.16 bits per heavy atom. The summed E-state index contributed by atoms with van der Waals surface area (Å²) in [5, 5.41) is 13.8. The number of methoxy groups -OCH3 is 2. The topological polar surface area (TPSA) is 132 Å². The van der Waals surface area contributed by atoms with Gasteiger partial charge in [0, 0.05) is 43.0 Å². The molecule has 1 aromatic carbocycles. The Balaban J connectivity index is 1.30. The summed E-state index contributed by atoms with van der Waals surface area (Å²) in [6, 6.07) is 12.7. The van der Waals surface area contributed by atoms with Gasteiger partial charge in [-0.1, -0.05) is 12.1 Å². The second-order valence-corrected chi connectivity index (χ2v) is 9.00. The van der Waals surface area contributed by atoms with Crippen molar-refractivity contribution in [3.63, 3.8) is 0 Å². The number of rotatable bonds is 9. The van der Waals surface area contributed by atoms with Crippen molar-refractivity contribution in [3.8, 4) is 22.9 Å². The highest BCUT2D eigenvalue weighted by Crippen LogP contribution is 2.30. The molecule has 1 unspecified atom stereocenters. The van der Waals surface area contributed by atoms with E-state index in [9.17, 15) is 9.59 Å². The van der Waals surface area contributed by atoms with Crippen LogP contribution in [0.1, 0.15) is 29.6 Å². The summed E-state index contributed by atoms with van der Waals surface area (Å²) in [5.74, 6) is 1.72. The smallest absolute Gasteiger partial charge is 0.258 e. The molecule has 1 aliphatic rings. The van der Waals surface area contributed by atoms with E-state index in [-0.39, 0.29) is 11.8 Å². The van der Waals surface area contributed by atoms with Gasteiger partial charge in [0.15, 0.2) is 11.4 Å². The van der Waals surface area contributed by atoms with Gasteiger partial charge in [0.05, 0.1) is 25.6 Å². The average molecular weight is 516 g/mol. The zero-order valence-electron chi connectivity index (χ0n) is 21.2. The van der Waals surface area contributed by atoms with Crippen molar-refractivity contribution in [1.82, 2.24) is 30.2 Å². The van der Waals surface area contributed by atoms with Crippen LogP contribution in [0.5, 0.6) is 11.6 Å². The molecule has 0 radical (unpaired) electrons. The monoisotopic (exact) mass is 515 g/mol. The third-order valence-corrected chi connectivity index (χ3v) is 6.49. The maximum Gasteiger partial charge on any atom is 0.258 e. The molecule has 0 spiro atoms. The standard InChI is InChI=1S/C27H29N7O4/c1-37-22-7-8-23(32-27(22)38-2)31-21-16-20(33-34-14-13-29-25(21)34)18-3-5-19(6-4-18)26(36)30-12-10-17-9-11-28-24(35)15-17/h3-8,13-14,16-17H,9-12,15H2,1-2H3,(H,28,35)(H,30,36)(H,31,32). The van der Waals surface area contributed by atoms with Gasteiger partial charge in [0.2, 0.25) is 5.91 Å². The fraction of sp³-hybridized carbons (Fsp3) is 0.296. The van der Waals surface area contributed by atoms with Gasteiger partial charge in [0.25, 0.3) is 11.8 Å². The summed E-state index contributed by atoms with van der Waals surface area (Å²) in [6.07, 6.45) is 5.70. The summed E-state index contributed by atoms with van der Waals surface area (Å²) in [6.45, 7) is 1.25. The third kappa shape index (κ3) is 5.51. The summed E-state index contributed by atoms with van der Waals surface area (Å²) < 4.78 is 12.3. The van der Waals surface area contributed by atoms with E-state index in [0.29, 0.717) is 65.5 Å². The van der Waals surface area contributed by atoms with E-state index in [1.54, 1.807) is 48.3 Å². The third-order valence-electron chi connectivity index (χ3n) is 6.49. The van der Waals surface area contributed by atoms with E-state index >= 15 is 0 Å². The minimum atomic E-state index is -0.142. The Hall–Kier alpha value is -4.67. The number of amides is 2. The van der Waals surface area contributed by atoms with Crippen LogP contribution in [0.25, 0.3) is 16.9 Å².